The fourth-order valence-corrected chi connectivity index (χ4v) is 8.07. The predicted molar refractivity (Wildman–Crippen MR) is 157 cm³/mol. The van der Waals surface area contributed by atoms with Gasteiger partial charge in [-0.1, -0.05) is 58.9 Å². The lowest BCUT2D eigenvalue weighted by Gasteiger charge is -2.22. The minimum Gasteiger partial charge on any atom is -0.255 e. The Labute approximate surface area is 215 Å². The Balaban J connectivity index is 1.66. The van der Waals surface area contributed by atoms with Crippen LogP contribution in [0.5, 0.6) is 0 Å². The topological polar surface area (TPSA) is 12.9 Å². The zero-order chi connectivity index (χ0) is 24.5. The van der Waals surface area contributed by atoms with E-state index >= 15 is 0 Å². The molecule has 0 bridgehead atoms. The van der Waals surface area contributed by atoms with Gasteiger partial charge in [-0.2, -0.15) is 0 Å². The van der Waals surface area contributed by atoms with Crippen LogP contribution in [0.2, 0.25) is 0 Å². The molecule has 176 valence electrons. The van der Waals surface area contributed by atoms with Crippen LogP contribution in [0.1, 0.15) is 50.6 Å². The van der Waals surface area contributed by atoms with E-state index < -0.39 is 0 Å². The molecule has 0 aliphatic carbocycles. The highest BCUT2D eigenvalue weighted by atomic mass is 32.1. The van der Waals surface area contributed by atoms with E-state index in [1.54, 1.807) is 0 Å². The summed E-state index contributed by atoms with van der Waals surface area (Å²) in [5.74, 6) is 0.664. The number of benzene rings is 3. The van der Waals surface area contributed by atoms with Crippen LogP contribution in [-0.2, 0) is 11.8 Å². The van der Waals surface area contributed by atoms with Crippen LogP contribution in [0.4, 0.5) is 0 Å². The van der Waals surface area contributed by atoms with Crippen LogP contribution in [0, 0.1) is 12.8 Å². The van der Waals surface area contributed by atoms with Crippen LogP contribution in [0.15, 0.2) is 60.8 Å². The zero-order valence-corrected chi connectivity index (χ0v) is 23.0. The first-order valence-electron chi connectivity index (χ1n) is 12.5. The fourth-order valence-electron chi connectivity index (χ4n) is 5.42. The van der Waals surface area contributed by atoms with Crippen molar-refractivity contribution >= 4 is 63.7 Å². The number of fused-ring (bicyclic) bond motifs is 6. The highest BCUT2D eigenvalue weighted by Crippen LogP contribution is 2.46. The summed E-state index contributed by atoms with van der Waals surface area (Å²) < 4.78 is 4.06. The summed E-state index contributed by atoms with van der Waals surface area (Å²) in [7, 11) is 0. The Morgan fingerprint density at radius 3 is 2.34 bits per heavy atom. The van der Waals surface area contributed by atoms with Crippen molar-refractivity contribution in [3.63, 3.8) is 0 Å². The van der Waals surface area contributed by atoms with Gasteiger partial charge in [0.05, 0.1) is 10.4 Å². The molecule has 0 aliphatic rings. The van der Waals surface area contributed by atoms with E-state index in [0.717, 1.165) is 12.1 Å². The van der Waals surface area contributed by atoms with Crippen LogP contribution in [-0.4, -0.2) is 4.98 Å². The second kappa shape index (κ2) is 8.15. The lowest BCUT2D eigenvalue weighted by Crippen LogP contribution is -2.12. The number of aromatic nitrogens is 1. The SMILES string of the molecule is Cc1c(CC(C)C)sc2ccc3sc4c(-c5cc(C(C)(C)C)c6ccccc6c5)nccc4c3c12. The van der Waals surface area contributed by atoms with E-state index in [9.17, 15) is 0 Å². The predicted octanol–water partition coefficient (Wildman–Crippen LogP) is 10.3. The van der Waals surface area contributed by atoms with E-state index in [4.69, 9.17) is 4.98 Å². The highest BCUT2D eigenvalue weighted by molar-refractivity contribution is 7.27. The summed E-state index contributed by atoms with van der Waals surface area (Å²) in [6, 6.07) is 20.3. The lowest BCUT2D eigenvalue weighted by atomic mass is 9.82. The number of hydrogen-bond acceptors (Lipinski definition) is 3. The summed E-state index contributed by atoms with van der Waals surface area (Å²) >= 11 is 3.87. The first kappa shape index (κ1) is 22.7. The minimum atomic E-state index is 0.0520. The quantitative estimate of drug-likeness (QED) is 0.239. The molecule has 0 aliphatic heterocycles. The minimum absolute atomic E-state index is 0.0520. The number of nitrogens with zero attached hydrogens (tertiary/aromatic N) is 1. The maximum absolute atomic E-state index is 4.96. The summed E-state index contributed by atoms with van der Waals surface area (Å²) in [5.41, 5.74) is 5.20. The molecule has 0 unspecified atom stereocenters. The van der Waals surface area contributed by atoms with Crippen molar-refractivity contribution < 1.29 is 0 Å². The van der Waals surface area contributed by atoms with Crippen molar-refractivity contribution in [2.45, 2.75) is 53.4 Å². The molecule has 3 aromatic heterocycles. The number of pyridine rings is 1. The number of rotatable bonds is 3. The monoisotopic (exact) mass is 493 g/mol. The van der Waals surface area contributed by atoms with Crippen LogP contribution < -0.4 is 0 Å². The van der Waals surface area contributed by atoms with Gasteiger partial charge in [-0.15, -0.1) is 22.7 Å². The lowest BCUT2D eigenvalue weighted by molar-refractivity contribution is 0.596. The third-order valence-electron chi connectivity index (χ3n) is 7.08. The molecule has 3 aromatic carbocycles. The molecule has 35 heavy (non-hydrogen) atoms. The van der Waals surface area contributed by atoms with E-state index in [0.29, 0.717) is 5.92 Å². The maximum Gasteiger partial charge on any atom is 0.0880 e. The Hall–Kier alpha value is -2.75. The Morgan fingerprint density at radius 1 is 0.857 bits per heavy atom. The van der Waals surface area contributed by atoms with Gasteiger partial charge >= 0.3 is 0 Å². The molecule has 0 saturated heterocycles. The summed E-state index contributed by atoms with van der Waals surface area (Å²) in [5, 5.41) is 6.81. The molecule has 1 nitrogen and oxygen atoms in total. The van der Waals surface area contributed by atoms with Crippen molar-refractivity contribution in [3.05, 3.63) is 76.8 Å². The van der Waals surface area contributed by atoms with Gasteiger partial charge in [0, 0.05) is 42.2 Å². The van der Waals surface area contributed by atoms with Crippen LogP contribution in [0.25, 0.3) is 52.3 Å². The number of hydrogen-bond donors (Lipinski definition) is 0. The molecule has 0 saturated carbocycles. The molecule has 6 rings (SSSR count). The molecule has 3 heteroatoms. The average Bonchev–Trinajstić information content (AvgIpc) is 3.34. The molecule has 0 fully saturated rings. The van der Waals surface area contributed by atoms with E-state index in [1.165, 1.54) is 62.6 Å². The summed E-state index contributed by atoms with van der Waals surface area (Å²) in [4.78, 5) is 6.49. The number of thiophene rings is 2. The Kier molecular flexibility index (Phi) is 5.28. The normalized spacial score (nSPS) is 12.7. The Bertz CT molecular complexity index is 1740. The molecule has 3 heterocycles. The van der Waals surface area contributed by atoms with Crippen LogP contribution in [0.3, 0.4) is 0 Å². The zero-order valence-electron chi connectivity index (χ0n) is 21.3. The van der Waals surface area contributed by atoms with Gasteiger partial charge in [-0.3, -0.25) is 4.98 Å². The van der Waals surface area contributed by atoms with Crippen molar-refractivity contribution in [2.75, 3.05) is 0 Å². The molecule has 0 amide bonds. The smallest absolute Gasteiger partial charge is 0.0880 e. The van der Waals surface area contributed by atoms with Gasteiger partial charge < -0.3 is 0 Å². The van der Waals surface area contributed by atoms with Crippen LogP contribution >= 0.6 is 22.7 Å². The van der Waals surface area contributed by atoms with E-state index in [-0.39, 0.29) is 5.41 Å². The molecule has 6 aromatic rings. The van der Waals surface area contributed by atoms with Gasteiger partial charge in [0.2, 0.25) is 0 Å². The molecule has 0 radical (unpaired) electrons. The van der Waals surface area contributed by atoms with Gasteiger partial charge in [0.15, 0.2) is 0 Å². The summed E-state index contributed by atoms with van der Waals surface area (Å²) in [6.07, 6.45) is 3.15. The van der Waals surface area contributed by atoms with E-state index in [1.807, 2.05) is 28.9 Å². The van der Waals surface area contributed by atoms with Gasteiger partial charge in [-0.25, -0.2) is 0 Å². The van der Waals surface area contributed by atoms with Gasteiger partial charge in [0.25, 0.3) is 0 Å². The van der Waals surface area contributed by atoms with Crippen molar-refractivity contribution in [1.82, 2.24) is 4.98 Å². The molecule has 0 spiro atoms. The van der Waals surface area contributed by atoms with Gasteiger partial charge in [-0.05, 0) is 76.9 Å². The first-order valence-corrected chi connectivity index (χ1v) is 14.1. The third-order valence-corrected chi connectivity index (χ3v) is 9.53. The molecular formula is C32H31NS2. The molecule has 0 atom stereocenters. The summed E-state index contributed by atoms with van der Waals surface area (Å²) in [6.45, 7) is 13.9. The maximum atomic E-state index is 4.96. The first-order chi connectivity index (χ1) is 16.7. The highest BCUT2D eigenvalue weighted by Gasteiger charge is 2.21. The molecule has 0 N–H and O–H groups in total. The average molecular weight is 494 g/mol. The van der Waals surface area contributed by atoms with Crippen molar-refractivity contribution in [2.24, 2.45) is 5.92 Å². The second-order valence-corrected chi connectivity index (χ2v) is 13.4. The molecular weight excluding hydrogens is 462 g/mol. The van der Waals surface area contributed by atoms with Crippen molar-refractivity contribution in [1.29, 1.82) is 0 Å². The van der Waals surface area contributed by atoms with Crippen molar-refractivity contribution in [3.8, 4) is 11.3 Å². The van der Waals surface area contributed by atoms with E-state index in [2.05, 4.69) is 96.1 Å². The fraction of sp³-hybridized carbons (Fsp3) is 0.281. The van der Waals surface area contributed by atoms with Gasteiger partial charge in [0.1, 0.15) is 0 Å². The number of aryl methyl sites for hydroxylation is 1. The standard InChI is InChI=1S/C32H31NS2/c1-18(2)15-27-19(3)28-25(34-27)11-12-26-29(28)23-13-14-33-30(31(23)35-26)21-16-20-9-7-8-10-22(20)24(17-21)32(4,5)6/h7-14,16-18H,15H2,1-6H3. The largest absolute Gasteiger partial charge is 0.255 e. The Morgan fingerprint density at radius 2 is 1.60 bits per heavy atom. The third kappa shape index (κ3) is 3.68. The second-order valence-electron chi connectivity index (χ2n) is 11.2.